The van der Waals surface area contributed by atoms with Crippen LogP contribution in [-0.2, 0) is 30.5 Å². The predicted octanol–water partition coefficient (Wildman–Crippen LogP) is 3.99. The molecule has 3 rings (SSSR count). The lowest BCUT2D eigenvalue weighted by atomic mass is 9.83. The summed E-state index contributed by atoms with van der Waals surface area (Å²) in [7, 11) is 0. The van der Waals surface area contributed by atoms with Gasteiger partial charge in [0, 0.05) is 61.4 Å². The molecule has 0 saturated carbocycles. The Balaban J connectivity index is 1.65. The number of hydrogen-bond acceptors (Lipinski definition) is 8. The van der Waals surface area contributed by atoms with Gasteiger partial charge in [0.2, 0.25) is 23.6 Å². The van der Waals surface area contributed by atoms with Crippen molar-refractivity contribution in [1.29, 1.82) is 0 Å². The van der Waals surface area contributed by atoms with Gasteiger partial charge in [-0.3, -0.25) is 24.0 Å². The van der Waals surface area contributed by atoms with Gasteiger partial charge in [-0.1, -0.05) is 51.1 Å². The van der Waals surface area contributed by atoms with E-state index in [9.17, 15) is 28.4 Å². The molecule has 2 aromatic carbocycles. The van der Waals surface area contributed by atoms with E-state index in [2.05, 4.69) is 28.6 Å². The second kappa shape index (κ2) is 21.5. The maximum Gasteiger partial charge on any atom is 0.304 e. The molecule has 294 valence electrons. The zero-order valence-corrected chi connectivity index (χ0v) is 32.5. The Kier molecular flexibility index (Phi) is 17.5. The van der Waals surface area contributed by atoms with Crippen LogP contribution >= 0.6 is 24.4 Å². The first kappa shape index (κ1) is 44.0. The number of carboxylic acids is 1. The van der Waals surface area contributed by atoms with Crippen LogP contribution in [0.2, 0.25) is 0 Å². The molecule has 1 aromatic heterocycles. The first-order chi connectivity index (χ1) is 25.6. The minimum Gasteiger partial charge on any atom is -0.481 e. The van der Waals surface area contributed by atoms with E-state index in [0.29, 0.717) is 37.4 Å². The SMILES string of the molecule is CC(C)(C)[C@H](c1cc(-c2cc(F)ccc2F)cn1Cc1ccccc1)N(CCCN)C(=O)CSCCC(=O)NCCNC(=O)CNC(=O)C(S)CC(=O)O. The highest BCUT2D eigenvalue weighted by Crippen LogP contribution is 2.41. The van der Waals surface area contributed by atoms with Crippen LogP contribution < -0.4 is 21.7 Å². The lowest BCUT2D eigenvalue weighted by Crippen LogP contribution is -2.44. The van der Waals surface area contributed by atoms with Gasteiger partial charge in [-0.2, -0.15) is 24.4 Å². The normalized spacial score (nSPS) is 12.4. The molecule has 0 spiro atoms. The van der Waals surface area contributed by atoms with Crippen molar-refractivity contribution in [2.24, 2.45) is 11.1 Å². The van der Waals surface area contributed by atoms with Crippen molar-refractivity contribution in [3.63, 3.8) is 0 Å². The summed E-state index contributed by atoms with van der Waals surface area (Å²) < 4.78 is 31.3. The van der Waals surface area contributed by atoms with E-state index in [1.165, 1.54) is 17.8 Å². The molecule has 0 fully saturated rings. The van der Waals surface area contributed by atoms with Crippen LogP contribution in [0.5, 0.6) is 0 Å². The number of carboxylic acid groups (broad SMARTS) is 1. The van der Waals surface area contributed by atoms with Crippen molar-refractivity contribution in [3.8, 4) is 11.1 Å². The first-order valence-corrected chi connectivity index (χ1v) is 19.3. The summed E-state index contributed by atoms with van der Waals surface area (Å²) in [6.45, 7) is 7.12. The zero-order valence-electron chi connectivity index (χ0n) is 30.8. The van der Waals surface area contributed by atoms with Gasteiger partial charge in [-0.15, -0.1) is 0 Å². The van der Waals surface area contributed by atoms with Crippen molar-refractivity contribution in [2.75, 3.05) is 44.2 Å². The van der Waals surface area contributed by atoms with Gasteiger partial charge in [0.05, 0.1) is 30.0 Å². The van der Waals surface area contributed by atoms with E-state index in [0.717, 1.165) is 23.4 Å². The molecule has 0 aliphatic rings. The van der Waals surface area contributed by atoms with Gasteiger partial charge in [-0.25, -0.2) is 8.78 Å². The highest BCUT2D eigenvalue weighted by molar-refractivity contribution is 7.99. The Morgan fingerprint density at radius 3 is 2.31 bits per heavy atom. The number of thiol groups is 1. The lowest BCUT2D eigenvalue weighted by molar-refractivity contribution is -0.138. The third-order valence-corrected chi connectivity index (χ3v) is 9.62. The molecular formula is C38H50F2N6O6S2. The Morgan fingerprint density at radius 1 is 0.981 bits per heavy atom. The van der Waals surface area contributed by atoms with Crippen molar-refractivity contribution < 1.29 is 37.9 Å². The maximum absolute atomic E-state index is 15.0. The number of rotatable bonds is 21. The topological polar surface area (TPSA) is 176 Å². The number of nitrogens with two attached hydrogens (primary N) is 1. The van der Waals surface area contributed by atoms with E-state index in [4.69, 9.17) is 10.8 Å². The lowest BCUT2D eigenvalue weighted by Gasteiger charge is -2.41. The van der Waals surface area contributed by atoms with Crippen molar-refractivity contribution >= 4 is 54.0 Å². The number of amides is 4. The summed E-state index contributed by atoms with van der Waals surface area (Å²) in [6.07, 6.45) is 1.98. The molecule has 2 atom stereocenters. The third-order valence-electron chi connectivity index (χ3n) is 8.26. The molecule has 3 aromatic rings. The average molecular weight is 789 g/mol. The van der Waals surface area contributed by atoms with Crippen LogP contribution in [0.3, 0.4) is 0 Å². The molecule has 6 N–H and O–H groups in total. The third kappa shape index (κ3) is 14.1. The number of halogens is 2. The molecule has 0 bridgehead atoms. The number of aliphatic carboxylic acids is 1. The first-order valence-electron chi connectivity index (χ1n) is 17.6. The fraction of sp³-hybridized carbons (Fsp3) is 0.447. The highest BCUT2D eigenvalue weighted by atomic mass is 32.2. The molecule has 0 radical (unpaired) electrons. The van der Waals surface area contributed by atoms with E-state index in [1.54, 1.807) is 11.1 Å². The van der Waals surface area contributed by atoms with Crippen molar-refractivity contribution in [1.82, 2.24) is 25.4 Å². The highest BCUT2D eigenvalue weighted by Gasteiger charge is 2.37. The van der Waals surface area contributed by atoms with Crippen molar-refractivity contribution in [3.05, 3.63) is 83.7 Å². The van der Waals surface area contributed by atoms with Crippen LogP contribution in [0.25, 0.3) is 11.1 Å². The zero-order chi connectivity index (χ0) is 39.8. The average Bonchev–Trinajstić information content (AvgIpc) is 3.51. The number of aromatic nitrogens is 1. The van der Waals surface area contributed by atoms with Crippen LogP contribution in [0.1, 0.15) is 57.3 Å². The second-order valence-electron chi connectivity index (χ2n) is 13.7. The molecule has 1 heterocycles. The summed E-state index contributed by atoms with van der Waals surface area (Å²) in [5.74, 6) is -3.47. The number of carbonyl (C=O) groups excluding carboxylic acids is 4. The van der Waals surface area contributed by atoms with E-state index in [-0.39, 0.29) is 49.2 Å². The van der Waals surface area contributed by atoms with E-state index < -0.39 is 52.5 Å². The van der Waals surface area contributed by atoms with E-state index in [1.807, 2.05) is 61.7 Å². The monoisotopic (exact) mass is 788 g/mol. The molecule has 0 aliphatic carbocycles. The van der Waals surface area contributed by atoms with E-state index >= 15 is 4.39 Å². The molecule has 1 unspecified atom stereocenters. The standard InChI is InChI=1S/C38H50F2N6O6S2/c1-38(2,3)36(30-18-26(28-19-27(39)10-11-29(28)40)23-45(30)22-25-8-5-4-6-9-25)46(16-7-13-41)34(49)24-54-17-12-32(47)42-14-15-43-33(48)21-44-37(52)31(53)20-35(50)51/h4-6,8-11,18-19,23,31,36,53H,7,12-17,20-22,24,41H2,1-3H3,(H,42,47)(H,43,48)(H,44,52)(H,50,51)/t31?,36-/m0/s1. The van der Waals surface area contributed by atoms with Crippen LogP contribution in [0.4, 0.5) is 8.78 Å². The molecule has 12 nitrogen and oxygen atoms in total. The molecule has 0 aliphatic heterocycles. The van der Waals surface area contributed by atoms with Gasteiger partial charge >= 0.3 is 5.97 Å². The van der Waals surface area contributed by atoms with Gasteiger partial charge in [0.1, 0.15) is 11.6 Å². The fourth-order valence-electron chi connectivity index (χ4n) is 5.78. The minimum absolute atomic E-state index is 0.0938. The van der Waals surface area contributed by atoms with Gasteiger partial charge in [-0.05, 0) is 48.2 Å². The number of thioether (sulfide) groups is 1. The van der Waals surface area contributed by atoms with Gasteiger partial charge in [0.15, 0.2) is 0 Å². The van der Waals surface area contributed by atoms with Crippen molar-refractivity contribution in [2.45, 2.75) is 57.9 Å². The number of nitrogens with one attached hydrogen (secondary N) is 3. The van der Waals surface area contributed by atoms with Crippen LogP contribution in [-0.4, -0.2) is 93.7 Å². The maximum atomic E-state index is 15.0. The van der Waals surface area contributed by atoms with Gasteiger partial charge < -0.3 is 36.3 Å². The smallest absolute Gasteiger partial charge is 0.304 e. The Morgan fingerprint density at radius 2 is 1.67 bits per heavy atom. The van der Waals surface area contributed by atoms with Gasteiger partial charge in [0.25, 0.3) is 0 Å². The predicted molar refractivity (Wildman–Crippen MR) is 209 cm³/mol. The summed E-state index contributed by atoms with van der Waals surface area (Å²) in [4.78, 5) is 62.7. The molecule has 16 heteroatoms. The summed E-state index contributed by atoms with van der Waals surface area (Å²) in [5, 5.41) is 15.2. The number of hydrogen-bond donors (Lipinski definition) is 6. The molecular weight excluding hydrogens is 739 g/mol. The summed E-state index contributed by atoms with van der Waals surface area (Å²) >= 11 is 5.21. The Labute approximate surface area is 324 Å². The number of carbonyl (C=O) groups is 5. The Hall–Kier alpha value is -4.41. The summed E-state index contributed by atoms with van der Waals surface area (Å²) in [5.41, 5.74) is 7.79. The molecule has 54 heavy (non-hydrogen) atoms. The molecule has 0 saturated heterocycles. The van der Waals surface area contributed by atoms with Crippen LogP contribution in [0.15, 0.2) is 60.8 Å². The molecule has 4 amide bonds. The fourth-order valence-corrected chi connectivity index (χ4v) is 6.84. The number of nitrogens with zero attached hydrogens (tertiary/aromatic N) is 2. The largest absolute Gasteiger partial charge is 0.481 e. The number of benzene rings is 2. The summed E-state index contributed by atoms with van der Waals surface area (Å²) in [6, 6.07) is 14.4. The Bertz CT molecular complexity index is 1740. The second-order valence-corrected chi connectivity index (χ2v) is 15.5. The van der Waals surface area contributed by atoms with Crippen LogP contribution in [0, 0.1) is 17.0 Å². The minimum atomic E-state index is -1.19. The quantitative estimate of drug-likeness (QED) is 0.0694.